The molecule has 2 heterocycles. The fourth-order valence-corrected chi connectivity index (χ4v) is 3.73. The predicted molar refractivity (Wildman–Crippen MR) is 116 cm³/mol. The van der Waals surface area contributed by atoms with Gasteiger partial charge >= 0.3 is 12.2 Å². The van der Waals surface area contributed by atoms with Crippen LogP contribution in [-0.2, 0) is 12.7 Å². The molecule has 180 valence electrons. The molecule has 1 amide bonds. The Bertz CT molecular complexity index is 1170. The Kier molecular flexibility index (Phi) is 6.49. The monoisotopic (exact) mass is 476 g/mol. The van der Waals surface area contributed by atoms with Crippen molar-refractivity contribution in [3.63, 3.8) is 0 Å². The summed E-state index contributed by atoms with van der Waals surface area (Å²) in [5.41, 5.74) is 0.0476. The summed E-state index contributed by atoms with van der Waals surface area (Å²) in [4.78, 5) is 20.3. The highest BCUT2D eigenvalue weighted by Gasteiger charge is 2.40. The minimum atomic E-state index is -4.55. The lowest BCUT2D eigenvalue weighted by Crippen LogP contribution is -2.54. The van der Waals surface area contributed by atoms with Crippen molar-refractivity contribution >= 4 is 11.7 Å². The minimum absolute atomic E-state index is 0.0930. The van der Waals surface area contributed by atoms with Crippen LogP contribution in [-0.4, -0.2) is 57.1 Å². The first-order valence-electron chi connectivity index (χ1n) is 10.5. The molecule has 0 bridgehead atoms. The Morgan fingerprint density at radius 2 is 1.85 bits per heavy atom. The molecule has 8 nitrogen and oxygen atoms in total. The minimum Gasteiger partial charge on any atom is -0.425 e. The van der Waals surface area contributed by atoms with Crippen LogP contribution in [0.4, 0.5) is 19.0 Å². The van der Waals surface area contributed by atoms with E-state index in [-0.39, 0.29) is 49.4 Å². The Hall–Kier alpha value is -3.57. The van der Waals surface area contributed by atoms with Crippen LogP contribution in [0.3, 0.4) is 0 Å². The van der Waals surface area contributed by atoms with Crippen molar-refractivity contribution < 1.29 is 32.9 Å². The third-order valence-corrected chi connectivity index (χ3v) is 5.45. The highest BCUT2D eigenvalue weighted by atomic mass is 19.4. The number of hydrogen-bond acceptors (Lipinski definition) is 6. The number of ether oxygens (including phenoxy) is 1. The summed E-state index contributed by atoms with van der Waals surface area (Å²) in [6.07, 6.45) is -5.62. The van der Waals surface area contributed by atoms with Gasteiger partial charge < -0.3 is 19.8 Å². The van der Waals surface area contributed by atoms with Gasteiger partial charge in [0.25, 0.3) is 5.91 Å². The van der Waals surface area contributed by atoms with Crippen LogP contribution in [0.1, 0.15) is 28.0 Å². The lowest BCUT2D eigenvalue weighted by atomic mass is 10.2. The number of rotatable bonds is 7. The number of fused-ring (bicyclic) bond motifs is 1. The van der Waals surface area contributed by atoms with Gasteiger partial charge in [-0.3, -0.25) is 14.3 Å². The zero-order chi connectivity index (χ0) is 24.5. The van der Waals surface area contributed by atoms with Gasteiger partial charge in [0.15, 0.2) is 11.5 Å². The SMILES string of the molecule is CN1c2nc(Oc3cccc(C(F)(F)F)c3)n(Cc3ccccc3)c2C(=O)N(CCCO)C1O. The second-order valence-electron chi connectivity index (χ2n) is 7.80. The maximum atomic E-state index is 13.3. The van der Waals surface area contributed by atoms with Gasteiger partial charge in [-0.05, 0) is 30.2 Å². The van der Waals surface area contributed by atoms with Crippen LogP contribution in [0, 0.1) is 0 Å². The second-order valence-corrected chi connectivity index (χ2v) is 7.80. The summed E-state index contributed by atoms with van der Waals surface area (Å²) >= 11 is 0. The van der Waals surface area contributed by atoms with E-state index >= 15 is 0 Å². The van der Waals surface area contributed by atoms with E-state index in [2.05, 4.69) is 4.98 Å². The van der Waals surface area contributed by atoms with Gasteiger partial charge in [0.1, 0.15) is 5.75 Å². The molecular formula is C23H23F3N4O4. The predicted octanol–water partition coefficient (Wildman–Crippen LogP) is 3.29. The Balaban J connectivity index is 1.79. The molecule has 11 heteroatoms. The van der Waals surface area contributed by atoms with E-state index in [0.717, 1.165) is 17.7 Å². The van der Waals surface area contributed by atoms with Crippen LogP contribution in [0.5, 0.6) is 11.8 Å². The summed E-state index contributed by atoms with van der Waals surface area (Å²) in [5.74, 6) is -0.494. The summed E-state index contributed by atoms with van der Waals surface area (Å²) < 4.78 is 46.7. The zero-order valence-corrected chi connectivity index (χ0v) is 18.2. The molecule has 0 spiro atoms. The number of amides is 1. The number of benzene rings is 2. The van der Waals surface area contributed by atoms with Gasteiger partial charge in [0.05, 0.1) is 12.1 Å². The van der Waals surface area contributed by atoms with E-state index in [1.807, 2.05) is 30.3 Å². The van der Waals surface area contributed by atoms with Crippen LogP contribution < -0.4 is 9.64 Å². The van der Waals surface area contributed by atoms with Crippen LogP contribution in [0.15, 0.2) is 54.6 Å². The lowest BCUT2D eigenvalue weighted by molar-refractivity contribution is -0.137. The fourth-order valence-electron chi connectivity index (χ4n) is 3.73. The number of aliphatic hydroxyl groups is 2. The molecular weight excluding hydrogens is 453 g/mol. The fraction of sp³-hybridized carbons (Fsp3) is 0.304. The van der Waals surface area contributed by atoms with Gasteiger partial charge in [-0.15, -0.1) is 0 Å². The first-order chi connectivity index (χ1) is 16.2. The molecule has 3 aromatic rings. The zero-order valence-electron chi connectivity index (χ0n) is 18.2. The number of carbonyl (C=O) groups is 1. The molecule has 1 aliphatic heterocycles. The third-order valence-electron chi connectivity index (χ3n) is 5.45. The largest absolute Gasteiger partial charge is 0.425 e. The van der Waals surface area contributed by atoms with Crippen molar-refractivity contribution in [3.8, 4) is 11.8 Å². The lowest BCUT2D eigenvalue weighted by Gasteiger charge is -2.38. The van der Waals surface area contributed by atoms with E-state index in [4.69, 9.17) is 4.74 Å². The van der Waals surface area contributed by atoms with Crippen molar-refractivity contribution in [1.82, 2.24) is 14.5 Å². The highest BCUT2D eigenvalue weighted by Crippen LogP contribution is 2.36. The van der Waals surface area contributed by atoms with Crippen LogP contribution in [0.25, 0.3) is 0 Å². The highest BCUT2D eigenvalue weighted by molar-refractivity contribution is 5.99. The molecule has 1 atom stereocenters. The van der Waals surface area contributed by atoms with Gasteiger partial charge in [0.2, 0.25) is 6.35 Å². The molecule has 0 radical (unpaired) electrons. The first kappa shape index (κ1) is 23.6. The van der Waals surface area contributed by atoms with E-state index in [9.17, 15) is 28.2 Å². The summed E-state index contributed by atoms with van der Waals surface area (Å²) in [6, 6.07) is 13.4. The van der Waals surface area contributed by atoms with E-state index in [1.54, 1.807) is 0 Å². The number of anilines is 1. The van der Waals surface area contributed by atoms with E-state index < -0.39 is 24.0 Å². The average Bonchev–Trinajstić information content (AvgIpc) is 3.16. The molecule has 34 heavy (non-hydrogen) atoms. The quantitative estimate of drug-likeness (QED) is 0.544. The molecule has 0 saturated carbocycles. The molecule has 2 aromatic carbocycles. The molecule has 4 rings (SSSR count). The Morgan fingerprint density at radius 3 is 2.53 bits per heavy atom. The summed E-state index contributed by atoms with van der Waals surface area (Å²) in [7, 11) is 1.54. The Morgan fingerprint density at radius 1 is 1.12 bits per heavy atom. The first-order valence-corrected chi connectivity index (χ1v) is 10.5. The number of hydrogen-bond donors (Lipinski definition) is 2. The van der Waals surface area contributed by atoms with Crippen molar-refractivity contribution in [3.05, 3.63) is 71.4 Å². The van der Waals surface area contributed by atoms with Crippen molar-refractivity contribution in [2.45, 2.75) is 25.5 Å². The molecule has 2 N–H and O–H groups in total. The molecule has 0 fully saturated rings. The smallest absolute Gasteiger partial charge is 0.416 e. The third kappa shape index (κ3) is 4.57. The maximum Gasteiger partial charge on any atom is 0.416 e. The van der Waals surface area contributed by atoms with E-state index in [1.165, 1.54) is 33.5 Å². The van der Waals surface area contributed by atoms with Gasteiger partial charge in [-0.25, -0.2) is 0 Å². The van der Waals surface area contributed by atoms with Crippen LogP contribution in [0.2, 0.25) is 0 Å². The molecule has 1 aromatic heterocycles. The van der Waals surface area contributed by atoms with Crippen LogP contribution >= 0.6 is 0 Å². The number of imidazole rings is 1. The topological polar surface area (TPSA) is 91.1 Å². The van der Waals surface area contributed by atoms with Crippen molar-refractivity contribution in [2.24, 2.45) is 0 Å². The summed E-state index contributed by atoms with van der Waals surface area (Å²) in [5, 5.41) is 19.8. The number of alkyl halides is 3. The summed E-state index contributed by atoms with van der Waals surface area (Å²) in [6.45, 7) is 0.0852. The second kappa shape index (κ2) is 9.35. The molecule has 0 aliphatic carbocycles. The number of aliphatic hydroxyl groups excluding tert-OH is 2. The average molecular weight is 476 g/mol. The van der Waals surface area contributed by atoms with Crippen molar-refractivity contribution in [2.75, 3.05) is 25.1 Å². The number of aromatic nitrogens is 2. The standard InChI is InChI=1S/C23H23F3N4O4/c1-28-19-18(20(32)29(22(28)33)11-6-12-31)30(14-15-7-3-2-4-8-15)21(27-19)34-17-10-5-9-16(13-17)23(24,25)26/h2-5,7-10,13,22,31,33H,6,11-12,14H2,1H3. The maximum absolute atomic E-state index is 13.3. The van der Waals surface area contributed by atoms with Gasteiger partial charge in [0, 0.05) is 20.2 Å². The normalized spacial score (nSPS) is 16.1. The van der Waals surface area contributed by atoms with E-state index in [0.29, 0.717) is 0 Å². The molecule has 1 unspecified atom stereocenters. The molecule has 0 saturated heterocycles. The van der Waals surface area contributed by atoms with Gasteiger partial charge in [-0.2, -0.15) is 18.2 Å². The number of carbonyl (C=O) groups excluding carboxylic acids is 1. The molecule has 1 aliphatic rings. The van der Waals surface area contributed by atoms with Gasteiger partial charge in [-0.1, -0.05) is 36.4 Å². The number of halogens is 3. The Labute approximate surface area is 193 Å². The van der Waals surface area contributed by atoms with Crippen molar-refractivity contribution in [1.29, 1.82) is 0 Å². The number of nitrogens with zero attached hydrogens (tertiary/aromatic N) is 4.